The van der Waals surface area contributed by atoms with Gasteiger partial charge >= 0.3 is 0 Å². The number of thiazole rings is 1. The van der Waals surface area contributed by atoms with Crippen molar-refractivity contribution in [1.82, 2.24) is 19.5 Å². The van der Waals surface area contributed by atoms with E-state index in [-0.39, 0.29) is 6.10 Å². The Morgan fingerprint density at radius 3 is 2.73 bits per heavy atom. The van der Waals surface area contributed by atoms with Crippen LogP contribution in [0.2, 0.25) is 0 Å². The highest BCUT2D eigenvalue weighted by Gasteiger charge is 2.23. The Kier molecular flexibility index (Phi) is 5.00. The van der Waals surface area contributed by atoms with Crippen molar-refractivity contribution < 1.29 is 4.74 Å². The number of aromatic nitrogens is 4. The molecule has 154 valence electrons. The summed E-state index contributed by atoms with van der Waals surface area (Å²) in [6, 6.07) is 7.96. The van der Waals surface area contributed by atoms with E-state index < -0.39 is 0 Å². The van der Waals surface area contributed by atoms with Crippen LogP contribution in [0.1, 0.15) is 25.3 Å². The molecule has 0 saturated carbocycles. The number of anilines is 2. The monoisotopic (exact) mass is 420 g/mol. The lowest BCUT2D eigenvalue weighted by atomic mass is 10.1. The molecular formula is C22H24N6OS. The van der Waals surface area contributed by atoms with Crippen LogP contribution >= 0.6 is 11.3 Å². The van der Waals surface area contributed by atoms with Gasteiger partial charge in [-0.2, -0.15) is 4.98 Å². The Morgan fingerprint density at radius 1 is 1.17 bits per heavy atom. The van der Waals surface area contributed by atoms with Gasteiger partial charge in [-0.1, -0.05) is 18.3 Å². The van der Waals surface area contributed by atoms with Gasteiger partial charge in [0.15, 0.2) is 5.82 Å². The van der Waals surface area contributed by atoms with Gasteiger partial charge in [0.05, 0.1) is 5.52 Å². The maximum Gasteiger partial charge on any atom is 0.275 e. The molecule has 0 spiro atoms. The highest BCUT2D eigenvalue weighted by atomic mass is 32.1. The fourth-order valence-corrected chi connectivity index (χ4v) is 4.50. The fraction of sp³-hybridized carbons (Fsp3) is 0.318. The van der Waals surface area contributed by atoms with Crippen molar-refractivity contribution in [1.29, 1.82) is 0 Å². The number of hydrogen-bond donors (Lipinski definition) is 1. The molecule has 1 aliphatic rings. The minimum Gasteiger partial charge on any atom is -0.467 e. The molecule has 0 bridgehead atoms. The number of piperidine rings is 1. The molecular weight excluding hydrogens is 396 g/mol. The van der Waals surface area contributed by atoms with E-state index in [1.807, 2.05) is 42.2 Å². The Bertz CT molecular complexity index is 1140. The first kappa shape index (κ1) is 18.9. The van der Waals surface area contributed by atoms with Crippen LogP contribution < -0.4 is 15.4 Å². The molecule has 0 radical (unpaired) electrons. The zero-order valence-electron chi connectivity index (χ0n) is 16.9. The van der Waals surface area contributed by atoms with E-state index in [0.717, 1.165) is 66.3 Å². The number of nitrogens with zero attached hydrogens (tertiary/aromatic N) is 5. The SMILES string of the molecule is CCc1cnc(N2CCC(Oc3nc(-n4ccc5cc(N)ccc54)cs3)CC2)nc1. The topological polar surface area (TPSA) is 82.1 Å². The van der Waals surface area contributed by atoms with Crippen LogP contribution in [0.5, 0.6) is 5.19 Å². The molecule has 4 heterocycles. The lowest BCUT2D eigenvalue weighted by Gasteiger charge is -2.31. The fourth-order valence-electron chi connectivity index (χ4n) is 3.78. The first-order valence-corrected chi connectivity index (χ1v) is 11.1. The maximum absolute atomic E-state index is 6.19. The van der Waals surface area contributed by atoms with Crippen molar-refractivity contribution in [3.05, 3.63) is 53.8 Å². The third-order valence-electron chi connectivity index (χ3n) is 5.52. The van der Waals surface area contributed by atoms with E-state index >= 15 is 0 Å². The van der Waals surface area contributed by atoms with E-state index in [9.17, 15) is 0 Å². The van der Waals surface area contributed by atoms with Gasteiger partial charge in [0.1, 0.15) is 6.10 Å². The lowest BCUT2D eigenvalue weighted by molar-refractivity contribution is 0.170. The molecule has 1 saturated heterocycles. The number of hydrogen-bond acceptors (Lipinski definition) is 7. The average Bonchev–Trinajstić information content (AvgIpc) is 3.41. The van der Waals surface area contributed by atoms with Crippen molar-refractivity contribution in [2.75, 3.05) is 23.7 Å². The first-order chi connectivity index (χ1) is 14.7. The smallest absolute Gasteiger partial charge is 0.275 e. The molecule has 1 aromatic carbocycles. The highest BCUT2D eigenvalue weighted by Crippen LogP contribution is 2.28. The van der Waals surface area contributed by atoms with Gasteiger partial charge in [-0.15, -0.1) is 0 Å². The summed E-state index contributed by atoms with van der Waals surface area (Å²) in [7, 11) is 0. The van der Waals surface area contributed by atoms with E-state index in [1.165, 1.54) is 11.3 Å². The number of benzene rings is 1. The van der Waals surface area contributed by atoms with Gasteiger partial charge in [-0.05, 0) is 36.2 Å². The van der Waals surface area contributed by atoms with Crippen molar-refractivity contribution >= 4 is 33.9 Å². The molecule has 4 aromatic rings. The second-order valence-electron chi connectivity index (χ2n) is 7.52. The number of fused-ring (bicyclic) bond motifs is 1. The second-order valence-corrected chi connectivity index (χ2v) is 8.35. The molecule has 5 rings (SSSR count). The summed E-state index contributed by atoms with van der Waals surface area (Å²) >= 11 is 1.54. The van der Waals surface area contributed by atoms with Gasteiger partial charge in [-0.25, -0.2) is 9.97 Å². The van der Waals surface area contributed by atoms with Crippen LogP contribution in [0.4, 0.5) is 11.6 Å². The van der Waals surface area contributed by atoms with E-state index in [0.29, 0.717) is 5.19 Å². The summed E-state index contributed by atoms with van der Waals surface area (Å²) in [5, 5.41) is 3.85. The zero-order valence-corrected chi connectivity index (χ0v) is 17.7. The van der Waals surface area contributed by atoms with Gasteiger partial charge in [0.25, 0.3) is 5.19 Å². The normalized spacial score (nSPS) is 15.0. The third kappa shape index (κ3) is 3.70. The van der Waals surface area contributed by atoms with Gasteiger partial charge in [-0.3, -0.25) is 0 Å². The van der Waals surface area contributed by atoms with E-state index in [4.69, 9.17) is 15.5 Å². The first-order valence-electron chi connectivity index (χ1n) is 10.2. The zero-order chi connectivity index (χ0) is 20.5. The van der Waals surface area contributed by atoms with Crippen LogP contribution in [0.15, 0.2) is 48.2 Å². The third-order valence-corrected chi connectivity index (χ3v) is 6.24. The number of rotatable bonds is 5. The summed E-state index contributed by atoms with van der Waals surface area (Å²) in [5.74, 6) is 1.68. The van der Waals surface area contributed by atoms with Crippen LogP contribution in [0, 0.1) is 0 Å². The quantitative estimate of drug-likeness (QED) is 0.490. The van der Waals surface area contributed by atoms with Crippen molar-refractivity contribution in [3.8, 4) is 11.0 Å². The number of ether oxygens (including phenoxy) is 1. The second kappa shape index (κ2) is 7.95. The van der Waals surface area contributed by atoms with Crippen LogP contribution in [0.3, 0.4) is 0 Å². The minimum absolute atomic E-state index is 0.163. The predicted molar refractivity (Wildman–Crippen MR) is 121 cm³/mol. The summed E-state index contributed by atoms with van der Waals surface area (Å²) in [6.45, 7) is 3.88. The molecule has 1 fully saturated rings. The van der Waals surface area contributed by atoms with Crippen molar-refractivity contribution in [3.63, 3.8) is 0 Å². The molecule has 3 aromatic heterocycles. The number of nitrogen functional groups attached to an aromatic ring is 1. The molecule has 0 amide bonds. The summed E-state index contributed by atoms with van der Waals surface area (Å²) in [6.07, 6.45) is 8.84. The van der Waals surface area contributed by atoms with E-state index in [2.05, 4.69) is 32.4 Å². The Morgan fingerprint density at radius 2 is 1.97 bits per heavy atom. The van der Waals surface area contributed by atoms with Gasteiger partial charge in [0, 0.05) is 61.0 Å². The molecule has 7 nitrogen and oxygen atoms in total. The Hall–Kier alpha value is -3.13. The van der Waals surface area contributed by atoms with Crippen LogP contribution in [0.25, 0.3) is 16.7 Å². The number of nitrogens with two attached hydrogens (primary N) is 1. The lowest BCUT2D eigenvalue weighted by Crippen LogP contribution is -2.39. The standard InChI is InChI=1S/C22H24N6OS/c1-2-15-12-24-21(25-13-15)27-8-6-18(7-9-27)29-22-26-20(14-30-22)28-10-5-16-11-17(23)3-4-19(16)28/h3-5,10-14,18H,2,6-9,23H2,1H3. The van der Waals surface area contributed by atoms with Gasteiger partial charge < -0.3 is 19.9 Å². The van der Waals surface area contributed by atoms with Crippen molar-refractivity contribution in [2.45, 2.75) is 32.3 Å². The molecule has 1 aliphatic heterocycles. The summed E-state index contributed by atoms with van der Waals surface area (Å²) in [5.41, 5.74) is 8.90. The molecule has 0 atom stereocenters. The Labute approximate surface area is 179 Å². The Balaban J connectivity index is 1.23. The van der Waals surface area contributed by atoms with E-state index in [1.54, 1.807) is 0 Å². The maximum atomic E-state index is 6.19. The summed E-state index contributed by atoms with van der Waals surface area (Å²) in [4.78, 5) is 15.9. The molecule has 30 heavy (non-hydrogen) atoms. The largest absolute Gasteiger partial charge is 0.467 e. The molecule has 0 unspecified atom stereocenters. The van der Waals surface area contributed by atoms with Crippen LogP contribution in [-0.4, -0.2) is 38.7 Å². The highest BCUT2D eigenvalue weighted by molar-refractivity contribution is 7.11. The van der Waals surface area contributed by atoms with Crippen LogP contribution in [-0.2, 0) is 6.42 Å². The molecule has 0 aliphatic carbocycles. The van der Waals surface area contributed by atoms with Crippen molar-refractivity contribution in [2.24, 2.45) is 0 Å². The summed E-state index contributed by atoms with van der Waals surface area (Å²) < 4.78 is 8.26. The number of aryl methyl sites for hydroxylation is 1. The average molecular weight is 421 g/mol. The molecule has 8 heteroatoms. The van der Waals surface area contributed by atoms with Gasteiger partial charge in [0.2, 0.25) is 5.95 Å². The molecule has 2 N–H and O–H groups in total. The predicted octanol–water partition coefficient (Wildman–Crippen LogP) is 4.07. The minimum atomic E-state index is 0.163.